The van der Waals surface area contributed by atoms with E-state index in [1.54, 1.807) is 0 Å². The smallest absolute Gasteiger partial charge is 0.211 e. The molecule has 6 heteroatoms. The van der Waals surface area contributed by atoms with E-state index in [0.29, 0.717) is 12.5 Å². The van der Waals surface area contributed by atoms with Crippen molar-refractivity contribution in [1.82, 2.24) is 14.9 Å². The van der Waals surface area contributed by atoms with Crippen LogP contribution < -0.4 is 10.0 Å². The molecule has 0 spiro atoms. The van der Waals surface area contributed by atoms with E-state index >= 15 is 0 Å². The topological polar surface area (TPSA) is 61.4 Å². The average molecular weight is 277 g/mol. The molecule has 1 saturated heterocycles. The highest BCUT2D eigenvalue weighted by atomic mass is 32.2. The Kier molecular flexibility index (Phi) is 6.55. The van der Waals surface area contributed by atoms with Crippen molar-refractivity contribution in [3.8, 4) is 0 Å². The molecule has 2 atom stereocenters. The SMILES string of the molecule is CCNCCCS(=O)(=O)NC1CCN(C)C(C)C1. The molecule has 1 aliphatic rings. The highest BCUT2D eigenvalue weighted by Gasteiger charge is 2.25. The van der Waals surface area contributed by atoms with Gasteiger partial charge >= 0.3 is 0 Å². The van der Waals surface area contributed by atoms with Gasteiger partial charge in [-0.2, -0.15) is 0 Å². The van der Waals surface area contributed by atoms with Gasteiger partial charge in [-0.3, -0.25) is 0 Å². The number of sulfonamides is 1. The molecule has 5 nitrogen and oxygen atoms in total. The zero-order chi connectivity index (χ0) is 13.6. The molecule has 108 valence electrons. The third kappa shape index (κ3) is 5.65. The Labute approximate surface area is 111 Å². The van der Waals surface area contributed by atoms with E-state index in [0.717, 1.165) is 32.5 Å². The monoisotopic (exact) mass is 277 g/mol. The van der Waals surface area contributed by atoms with E-state index in [1.165, 1.54) is 0 Å². The summed E-state index contributed by atoms with van der Waals surface area (Å²) < 4.78 is 26.6. The molecule has 0 aliphatic carbocycles. The van der Waals surface area contributed by atoms with Gasteiger partial charge in [-0.25, -0.2) is 13.1 Å². The van der Waals surface area contributed by atoms with Crippen molar-refractivity contribution < 1.29 is 8.42 Å². The van der Waals surface area contributed by atoms with Crippen LogP contribution in [0.15, 0.2) is 0 Å². The Morgan fingerprint density at radius 3 is 2.72 bits per heavy atom. The standard InChI is InChI=1S/C12H27N3O2S/c1-4-13-7-5-9-18(16,17)14-12-6-8-15(3)11(2)10-12/h11-14H,4-10H2,1-3H3. The van der Waals surface area contributed by atoms with E-state index in [2.05, 4.69) is 28.9 Å². The van der Waals surface area contributed by atoms with Crippen LogP contribution in [0.2, 0.25) is 0 Å². The van der Waals surface area contributed by atoms with Gasteiger partial charge in [-0.1, -0.05) is 6.92 Å². The predicted octanol–water partition coefficient (Wildman–Crippen LogP) is 0.388. The molecule has 0 aromatic heterocycles. The van der Waals surface area contributed by atoms with Gasteiger partial charge in [0, 0.05) is 12.1 Å². The first kappa shape index (κ1) is 15.9. The number of rotatable bonds is 7. The second-order valence-electron chi connectivity index (χ2n) is 5.19. The molecular weight excluding hydrogens is 250 g/mol. The van der Waals surface area contributed by atoms with Crippen molar-refractivity contribution in [2.24, 2.45) is 0 Å². The van der Waals surface area contributed by atoms with Crippen LogP contribution in [0.3, 0.4) is 0 Å². The van der Waals surface area contributed by atoms with E-state index in [4.69, 9.17) is 0 Å². The lowest BCUT2D eigenvalue weighted by Gasteiger charge is -2.35. The van der Waals surface area contributed by atoms with Crippen LogP contribution >= 0.6 is 0 Å². The van der Waals surface area contributed by atoms with Gasteiger partial charge in [0.25, 0.3) is 0 Å². The van der Waals surface area contributed by atoms with Gasteiger partial charge in [-0.05, 0) is 52.9 Å². The van der Waals surface area contributed by atoms with Crippen molar-refractivity contribution in [3.05, 3.63) is 0 Å². The number of nitrogens with zero attached hydrogens (tertiary/aromatic N) is 1. The zero-order valence-corrected chi connectivity index (χ0v) is 12.6. The molecule has 0 amide bonds. The number of piperidine rings is 1. The summed E-state index contributed by atoms with van der Waals surface area (Å²) in [7, 11) is -1.02. The molecule has 2 unspecified atom stereocenters. The molecule has 2 N–H and O–H groups in total. The summed E-state index contributed by atoms with van der Waals surface area (Å²) in [4.78, 5) is 2.27. The molecule has 1 fully saturated rings. The average Bonchev–Trinajstić information content (AvgIpc) is 2.29. The van der Waals surface area contributed by atoms with Crippen LogP contribution in [0.5, 0.6) is 0 Å². The number of hydrogen-bond acceptors (Lipinski definition) is 4. The molecule has 0 aromatic carbocycles. The molecule has 1 heterocycles. The van der Waals surface area contributed by atoms with Crippen LogP contribution in [0.4, 0.5) is 0 Å². The quantitative estimate of drug-likeness (QED) is 0.661. The normalized spacial score (nSPS) is 26.4. The van der Waals surface area contributed by atoms with E-state index < -0.39 is 10.0 Å². The summed E-state index contributed by atoms with van der Waals surface area (Å²) in [6.07, 6.45) is 2.49. The molecule has 0 saturated carbocycles. The Hall–Kier alpha value is -0.170. The van der Waals surface area contributed by atoms with Crippen LogP contribution in [-0.4, -0.2) is 57.8 Å². The van der Waals surface area contributed by atoms with Gasteiger partial charge in [-0.15, -0.1) is 0 Å². The van der Waals surface area contributed by atoms with Crippen LogP contribution in [-0.2, 0) is 10.0 Å². The van der Waals surface area contributed by atoms with Crippen molar-refractivity contribution in [2.75, 3.05) is 32.4 Å². The molecule has 18 heavy (non-hydrogen) atoms. The predicted molar refractivity (Wildman–Crippen MR) is 75.2 cm³/mol. The molecule has 0 aromatic rings. The lowest BCUT2D eigenvalue weighted by Crippen LogP contribution is -2.47. The van der Waals surface area contributed by atoms with Crippen molar-refractivity contribution in [2.45, 2.75) is 45.2 Å². The highest BCUT2D eigenvalue weighted by molar-refractivity contribution is 7.89. The summed E-state index contributed by atoms with van der Waals surface area (Å²) in [6, 6.07) is 0.563. The molecule has 0 radical (unpaired) electrons. The van der Waals surface area contributed by atoms with Crippen LogP contribution in [0.1, 0.15) is 33.1 Å². The third-order valence-electron chi connectivity index (χ3n) is 3.57. The first-order valence-electron chi connectivity index (χ1n) is 6.85. The summed E-state index contributed by atoms with van der Waals surface area (Å²) in [5.41, 5.74) is 0. The maximum absolute atomic E-state index is 11.9. The Morgan fingerprint density at radius 2 is 2.11 bits per heavy atom. The van der Waals surface area contributed by atoms with Crippen LogP contribution in [0, 0.1) is 0 Å². The number of likely N-dealkylation sites (tertiary alicyclic amines) is 1. The molecule has 1 aliphatic heterocycles. The minimum Gasteiger partial charge on any atom is -0.317 e. The van der Waals surface area contributed by atoms with Gasteiger partial charge in [0.1, 0.15) is 0 Å². The fourth-order valence-corrected chi connectivity index (χ4v) is 3.64. The van der Waals surface area contributed by atoms with E-state index in [1.807, 2.05) is 6.92 Å². The summed E-state index contributed by atoms with van der Waals surface area (Å²) in [5, 5.41) is 3.14. The largest absolute Gasteiger partial charge is 0.317 e. The van der Waals surface area contributed by atoms with Crippen LogP contribution in [0.25, 0.3) is 0 Å². The lowest BCUT2D eigenvalue weighted by atomic mass is 10.0. The van der Waals surface area contributed by atoms with Gasteiger partial charge in [0.2, 0.25) is 10.0 Å². The summed E-state index contributed by atoms with van der Waals surface area (Å²) in [6.45, 7) is 6.78. The van der Waals surface area contributed by atoms with Crippen molar-refractivity contribution in [1.29, 1.82) is 0 Å². The van der Waals surface area contributed by atoms with Gasteiger partial charge in [0.05, 0.1) is 5.75 Å². The first-order chi connectivity index (χ1) is 8.44. The molecule has 1 rings (SSSR count). The van der Waals surface area contributed by atoms with Crippen molar-refractivity contribution in [3.63, 3.8) is 0 Å². The lowest BCUT2D eigenvalue weighted by molar-refractivity contribution is 0.178. The zero-order valence-electron chi connectivity index (χ0n) is 11.8. The Morgan fingerprint density at radius 1 is 1.39 bits per heavy atom. The first-order valence-corrected chi connectivity index (χ1v) is 8.51. The molecular formula is C12H27N3O2S. The van der Waals surface area contributed by atoms with Gasteiger partial charge in [0.15, 0.2) is 0 Å². The summed E-state index contributed by atoms with van der Waals surface area (Å²) in [5.74, 6) is 0.223. The maximum atomic E-state index is 11.9. The summed E-state index contributed by atoms with van der Waals surface area (Å²) >= 11 is 0. The Bertz CT molecular complexity index is 332. The fraction of sp³-hybridized carbons (Fsp3) is 1.00. The number of hydrogen-bond donors (Lipinski definition) is 2. The maximum Gasteiger partial charge on any atom is 0.211 e. The Balaban J connectivity index is 2.32. The second kappa shape index (κ2) is 7.43. The van der Waals surface area contributed by atoms with E-state index in [9.17, 15) is 8.42 Å². The minimum absolute atomic E-state index is 0.111. The van der Waals surface area contributed by atoms with Crippen molar-refractivity contribution >= 4 is 10.0 Å². The fourth-order valence-electron chi connectivity index (χ4n) is 2.27. The van der Waals surface area contributed by atoms with E-state index in [-0.39, 0.29) is 11.8 Å². The molecule has 0 bridgehead atoms. The second-order valence-corrected chi connectivity index (χ2v) is 7.07. The minimum atomic E-state index is -3.11. The van der Waals surface area contributed by atoms with Gasteiger partial charge < -0.3 is 10.2 Å². The third-order valence-corrected chi connectivity index (χ3v) is 5.09. The number of nitrogens with one attached hydrogen (secondary N) is 2. The highest BCUT2D eigenvalue weighted by Crippen LogP contribution is 2.16.